The second-order valence-electron chi connectivity index (χ2n) is 14.9. The Kier molecular flexibility index (Phi) is 6.32. The molecule has 55 heavy (non-hydrogen) atoms. The van der Waals surface area contributed by atoms with Gasteiger partial charge in [-0.05, 0) is 97.6 Å². The standard InChI is InChI=1S/C52H33N3/c1-31-50(36-23-24-39-37(28-36)27-35-17-7-8-18-38(35)39)53-51(32-13-3-2-4-14-32)54-52(31)55-46-26-25-44-42-21-10-9-19-40(42)41-20-11-12-22-43(41)48(44)49(46)45-29-33-15-5-6-16-34(33)30-47(45)55/h2-26,28-30H,27H2,1H3. The number of fused-ring (bicyclic) bond motifs is 14. The van der Waals surface area contributed by atoms with E-state index >= 15 is 0 Å². The smallest absolute Gasteiger partial charge is 0.162 e. The van der Waals surface area contributed by atoms with E-state index in [1.54, 1.807) is 0 Å². The summed E-state index contributed by atoms with van der Waals surface area (Å²) < 4.78 is 2.41. The van der Waals surface area contributed by atoms with Gasteiger partial charge in [-0.3, -0.25) is 4.57 Å². The fourth-order valence-electron chi connectivity index (χ4n) is 9.43. The van der Waals surface area contributed by atoms with Crippen molar-refractivity contribution in [2.75, 3.05) is 0 Å². The first kappa shape index (κ1) is 30.4. The van der Waals surface area contributed by atoms with Gasteiger partial charge in [-0.1, -0.05) is 146 Å². The van der Waals surface area contributed by atoms with Gasteiger partial charge in [0.2, 0.25) is 0 Å². The summed E-state index contributed by atoms with van der Waals surface area (Å²) in [7, 11) is 0. The first-order chi connectivity index (χ1) is 27.2. The summed E-state index contributed by atoms with van der Waals surface area (Å²) in [4.78, 5) is 10.9. The van der Waals surface area contributed by atoms with Gasteiger partial charge in [0, 0.05) is 32.8 Å². The quantitative estimate of drug-likeness (QED) is 0.172. The van der Waals surface area contributed by atoms with Crippen molar-refractivity contribution in [3.8, 4) is 39.6 Å². The van der Waals surface area contributed by atoms with Crippen molar-refractivity contribution in [2.45, 2.75) is 13.3 Å². The zero-order chi connectivity index (χ0) is 36.2. The van der Waals surface area contributed by atoms with Gasteiger partial charge in [0.05, 0.1) is 16.7 Å². The Bertz CT molecular complexity index is 3370. The van der Waals surface area contributed by atoms with Gasteiger partial charge in [-0.15, -0.1) is 0 Å². The molecule has 1 aliphatic carbocycles. The van der Waals surface area contributed by atoms with Gasteiger partial charge in [0.1, 0.15) is 5.82 Å². The number of benzene rings is 9. The van der Waals surface area contributed by atoms with Crippen LogP contribution < -0.4 is 0 Å². The lowest BCUT2D eigenvalue weighted by atomic mass is 9.91. The van der Waals surface area contributed by atoms with Gasteiger partial charge in [0.15, 0.2) is 5.82 Å². The van der Waals surface area contributed by atoms with E-state index < -0.39 is 0 Å². The van der Waals surface area contributed by atoms with E-state index in [0.717, 1.165) is 45.7 Å². The molecule has 0 saturated heterocycles. The second-order valence-corrected chi connectivity index (χ2v) is 14.9. The largest absolute Gasteiger partial charge is 0.293 e. The zero-order valence-electron chi connectivity index (χ0n) is 30.2. The molecule has 0 aliphatic heterocycles. The molecule has 3 nitrogen and oxygen atoms in total. The highest BCUT2D eigenvalue weighted by Crippen LogP contribution is 2.45. The number of hydrogen-bond donors (Lipinski definition) is 0. The van der Waals surface area contributed by atoms with Crippen LogP contribution in [0, 0.1) is 6.92 Å². The molecule has 0 atom stereocenters. The lowest BCUT2D eigenvalue weighted by Crippen LogP contribution is -2.06. The molecule has 9 aromatic carbocycles. The molecule has 0 amide bonds. The Morgan fingerprint density at radius 2 is 1.07 bits per heavy atom. The Morgan fingerprint density at radius 1 is 0.436 bits per heavy atom. The average Bonchev–Trinajstić information content (AvgIpc) is 3.78. The van der Waals surface area contributed by atoms with E-state index in [0.29, 0.717) is 5.82 Å². The highest BCUT2D eigenvalue weighted by molar-refractivity contribution is 6.35. The summed E-state index contributed by atoms with van der Waals surface area (Å²) in [5.41, 5.74) is 11.7. The molecule has 0 fully saturated rings. The van der Waals surface area contributed by atoms with Gasteiger partial charge in [-0.2, -0.15) is 0 Å². The summed E-state index contributed by atoms with van der Waals surface area (Å²) in [6, 6.07) is 61.9. The summed E-state index contributed by atoms with van der Waals surface area (Å²) in [5.74, 6) is 1.61. The van der Waals surface area contributed by atoms with E-state index in [2.05, 4.69) is 181 Å². The summed E-state index contributed by atoms with van der Waals surface area (Å²) in [6.07, 6.45) is 0.928. The highest BCUT2D eigenvalue weighted by Gasteiger charge is 2.24. The SMILES string of the molecule is Cc1c(-c2ccc3c(c2)Cc2ccccc2-3)nc(-c2ccccc2)nc1-n1c2cc3ccccc3cc2c2c3c4ccccc4c4ccccc4c3ccc21. The molecule has 12 rings (SSSR count). The monoisotopic (exact) mass is 699 g/mol. The van der Waals surface area contributed by atoms with Crippen LogP contribution in [0.3, 0.4) is 0 Å². The van der Waals surface area contributed by atoms with Gasteiger partial charge in [-0.25, -0.2) is 9.97 Å². The minimum Gasteiger partial charge on any atom is -0.293 e. The third kappa shape index (κ3) is 4.38. The second kappa shape index (κ2) is 11.4. The van der Waals surface area contributed by atoms with Crippen LogP contribution >= 0.6 is 0 Å². The summed E-state index contributed by atoms with van der Waals surface area (Å²) >= 11 is 0. The molecule has 0 N–H and O–H groups in total. The lowest BCUT2D eigenvalue weighted by molar-refractivity contribution is 1.02. The van der Waals surface area contributed by atoms with E-state index in [4.69, 9.17) is 9.97 Å². The maximum atomic E-state index is 5.50. The highest BCUT2D eigenvalue weighted by atomic mass is 15.1. The Morgan fingerprint density at radius 3 is 1.87 bits per heavy atom. The van der Waals surface area contributed by atoms with Crippen LogP contribution in [0.2, 0.25) is 0 Å². The van der Waals surface area contributed by atoms with Crippen molar-refractivity contribution in [3.63, 3.8) is 0 Å². The van der Waals surface area contributed by atoms with E-state index in [9.17, 15) is 0 Å². The van der Waals surface area contributed by atoms with Crippen molar-refractivity contribution >= 4 is 64.9 Å². The first-order valence-electron chi connectivity index (χ1n) is 19.0. The minimum absolute atomic E-state index is 0.716. The molecular weight excluding hydrogens is 667 g/mol. The Balaban J connectivity index is 1.22. The van der Waals surface area contributed by atoms with Crippen LogP contribution in [0.1, 0.15) is 16.7 Å². The number of rotatable bonds is 3. The fourth-order valence-corrected chi connectivity index (χ4v) is 9.43. The molecule has 256 valence electrons. The van der Waals surface area contributed by atoms with Crippen molar-refractivity contribution < 1.29 is 0 Å². The van der Waals surface area contributed by atoms with E-state index in [1.807, 2.05) is 0 Å². The maximum absolute atomic E-state index is 5.50. The molecule has 0 unspecified atom stereocenters. The molecular formula is C52H33N3. The molecule has 0 radical (unpaired) electrons. The van der Waals surface area contributed by atoms with Crippen LogP contribution in [-0.4, -0.2) is 14.5 Å². The van der Waals surface area contributed by atoms with Crippen LogP contribution in [0.15, 0.2) is 170 Å². The molecule has 0 spiro atoms. The molecule has 3 heteroatoms. The van der Waals surface area contributed by atoms with Crippen molar-refractivity contribution in [1.82, 2.24) is 14.5 Å². The third-order valence-corrected chi connectivity index (χ3v) is 11.9. The molecule has 11 aromatic rings. The Hall–Kier alpha value is -7.10. The summed E-state index contributed by atoms with van der Waals surface area (Å²) in [5, 5.41) is 12.5. The average molecular weight is 700 g/mol. The van der Waals surface area contributed by atoms with Crippen molar-refractivity contribution in [1.29, 1.82) is 0 Å². The normalized spacial score (nSPS) is 12.4. The lowest BCUT2D eigenvalue weighted by Gasteiger charge is -2.17. The minimum atomic E-state index is 0.716. The number of aromatic nitrogens is 3. The molecule has 0 saturated carbocycles. The predicted molar refractivity (Wildman–Crippen MR) is 230 cm³/mol. The van der Waals surface area contributed by atoms with Crippen LogP contribution in [-0.2, 0) is 6.42 Å². The molecule has 2 heterocycles. The van der Waals surface area contributed by atoms with Crippen molar-refractivity contribution in [2.24, 2.45) is 0 Å². The number of nitrogens with zero attached hydrogens (tertiary/aromatic N) is 3. The topological polar surface area (TPSA) is 30.7 Å². The predicted octanol–water partition coefficient (Wildman–Crippen LogP) is 13.4. The molecule has 0 bridgehead atoms. The van der Waals surface area contributed by atoms with Gasteiger partial charge >= 0.3 is 0 Å². The van der Waals surface area contributed by atoms with E-state index in [-0.39, 0.29) is 0 Å². The molecule has 1 aliphatic rings. The fraction of sp³-hybridized carbons (Fsp3) is 0.0385. The van der Waals surface area contributed by atoms with Gasteiger partial charge < -0.3 is 0 Å². The number of hydrogen-bond acceptors (Lipinski definition) is 2. The maximum Gasteiger partial charge on any atom is 0.162 e. The molecule has 2 aromatic heterocycles. The summed E-state index contributed by atoms with van der Waals surface area (Å²) in [6.45, 7) is 2.20. The Labute approximate surface area is 317 Å². The third-order valence-electron chi connectivity index (χ3n) is 11.9. The van der Waals surface area contributed by atoms with E-state index in [1.165, 1.54) is 76.1 Å². The van der Waals surface area contributed by atoms with Crippen molar-refractivity contribution in [3.05, 3.63) is 187 Å². The van der Waals surface area contributed by atoms with Crippen LogP contribution in [0.5, 0.6) is 0 Å². The van der Waals surface area contributed by atoms with Crippen LogP contribution in [0.4, 0.5) is 0 Å². The van der Waals surface area contributed by atoms with Crippen LogP contribution in [0.25, 0.3) is 104 Å². The van der Waals surface area contributed by atoms with Gasteiger partial charge in [0.25, 0.3) is 0 Å². The first-order valence-corrected chi connectivity index (χ1v) is 19.0. The zero-order valence-corrected chi connectivity index (χ0v) is 30.2.